The Morgan fingerprint density at radius 1 is 1.41 bits per heavy atom. The molecule has 2 fully saturated rings. The van der Waals surface area contributed by atoms with Crippen molar-refractivity contribution >= 4 is 5.91 Å². The first-order valence-corrected chi connectivity index (χ1v) is 7.95. The molecule has 0 aromatic carbocycles. The van der Waals surface area contributed by atoms with Gasteiger partial charge in [-0.2, -0.15) is 0 Å². The van der Waals surface area contributed by atoms with Crippen molar-refractivity contribution in [3.8, 4) is 0 Å². The number of β-amino-alcohol motifs (C(OH)–C–C–N with tert-alkyl or cyclic N) is 1. The van der Waals surface area contributed by atoms with Gasteiger partial charge in [-0.15, -0.1) is 0 Å². The highest BCUT2D eigenvalue weighted by atomic mass is 16.5. The zero-order valence-electron chi connectivity index (χ0n) is 13.2. The zero-order valence-corrected chi connectivity index (χ0v) is 13.2. The Morgan fingerprint density at radius 2 is 2.14 bits per heavy atom. The second-order valence-electron chi connectivity index (χ2n) is 6.52. The molecule has 1 N–H and O–H groups in total. The molecule has 2 atom stereocenters. The summed E-state index contributed by atoms with van der Waals surface area (Å²) in [6.45, 7) is 5.64. The lowest BCUT2D eigenvalue weighted by molar-refractivity contribution is -0.122. The van der Waals surface area contributed by atoms with Gasteiger partial charge < -0.3 is 14.7 Å². The third-order valence-electron chi connectivity index (χ3n) is 4.66. The first-order chi connectivity index (χ1) is 10.5. The minimum atomic E-state index is -0.622. The van der Waals surface area contributed by atoms with Gasteiger partial charge in [0, 0.05) is 38.0 Å². The van der Waals surface area contributed by atoms with Crippen LogP contribution in [0.2, 0.25) is 0 Å². The maximum atomic E-state index is 12.5. The number of hydrogen-bond acceptors (Lipinski definition) is 5. The largest absolute Gasteiger partial charge is 0.388 e. The number of nitrogens with zero attached hydrogens (tertiary/aromatic N) is 3. The molecule has 6 heteroatoms. The number of ether oxygens (including phenoxy) is 1. The topological polar surface area (TPSA) is 75.6 Å². The maximum absolute atomic E-state index is 12.5. The van der Waals surface area contributed by atoms with Crippen molar-refractivity contribution in [3.63, 3.8) is 0 Å². The van der Waals surface area contributed by atoms with E-state index in [4.69, 9.17) is 4.74 Å². The van der Waals surface area contributed by atoms with Gasteiger partial charge in [0.2, 0.25) is 0 Å². The molecule has 2 aliphatic rings. The molecule has 3 heterocycles. The lowest BCUT2D eigenvalue weighted by Crippen LogP contribution is -2.56. The van der Waals surface area contributed by atoms with Gasteiger partial charge in [-0.25, -0.2) is 9.97 Å². The Balaban J connectivity index is 1.68. The normalized spacial score (nSPS) is 28.5. The van der Waals surface area contributed by atoms with Crippen LogP contribution in [-0.2, 0) is 4.74 Å². The quantitative estimate of drug-likeness (QED) is 0.893. The molecule has 0 aliphatic carbocycles. The van der Waals surface area contributed by atoms with E-state index in [-0.39, 0.29) is 11.8 Å². The van der Waals surface area contributed by atoms with Crippen LogP contribution >= 0.6 is 0 Å². The monoisotopic (exact) mass is 305 g/mol. The van der Waals surface area contributed by atoms with Crippen molar-refractivity contribution in [1.29, 1.82) is 0 Å². The molecule has 0 radical (unpaired) electrons. The van der Waals surface area contributed by atoms with E-state index in [0.29, 0.717) is 31.7 Å². The summed E-state index contributed by atoms with van der Waals surface area (Å²) in [6.07, 6.45) is 5.08. The highest BCUT2D eigenvalue weighted by Gasteiger charge is 2.46. The zero-order chi connectivity index (χ0) is 15.7. The Morgan fingerprint density at radius 3 is 2.68 bits per heavy atom. The molecule has 2 saturated heterocycles. The first-order valence-electron chi connectivity index (χ1n) is 7.95. The van der Waals surface area contributed by atoms with E-state index in [1.54, 1.807) is 17.3 Å². The van der Waals surface area contributed by atoms with E-state index in [2.05, 4.69) is 9.97 Å². The van der Waals surface area contributed by atoms with Gasteiger partial charge in [0.05, 0.1) is 11.2 Å². The van der Waals surface area contributed by atoms with Crippen molar-refractivity contribution in [2.75, 3.05) is 19.7 Å². The van der Waals surface area contributed by atoms with Gasteiger partial charge in [-0.3, -0.25) is 4.79 Å². The maximum Gasteiger partial charge on any atom is 0.257 e. The highest BCUT2D eigenvalue weighted by Crippen LogP contribution is 2.36. The predicted octanol–water partition coefficient (Wildman–Crippen LogP) is 1.36. The number of amides is 1. The van der Waals surface area contributed by atoms with Crippen molar-refractivity contribution in [2.45, 2.75) is 50.7 Å². The van der Waals surface area contributed by atoms with Crippen LogP contribution in [-0.4, -0.2) is 57.3 Å². The number of carbonyl (C=O) groups excluding carboxylic acids is 1. The fourth-order valence-electron chi connectivity index (χ4n) is 3.25. The molecular formula is C16H23N3O3. The standard InChI is InChI=1S/C16H23N3O3/c1-11(2)14-17-8-12(9-18-14)15(21)19-6-5-16(13(20)10-19)4-3-7-22-16/h8-9,11,13,20H,3-7,10H2,1-2H3/t13-,16-/m0/s1. The van der Waals surface area contributed by atoms with Gasteiger partial charge >= 0.3 is 0 Å². The number of piperidine rings is 1. The Hall–Kier alpha value is -1.53. The van der Waals surface area contributed by atoms with Crippen LogP contribution in [0.25, 0.3) is 0 Å². The van der Waals surface area contributed by atoms with Crippen LogP contribution in [0.5, 0.6) is 0 Å². The van der Waals surface area contributed by atoms with Crippen LogP contribution < -0.4 is 0 Å². The van der Waals surface area contributed by atoms with Crippen LogP contribution in [0.1, 0.15) is 55.2 Å². The molecular weight excluding hydrogens is 282 g/mol. The average Bonchev–Trinajstić information content (AvgIpc) is 2.99. The minimum absolute atomic E-state index is 0.123. The molecule has 22 heavy (non-hydrogen) atoms. The van der Waals surface area contributed by atoms with Crippen molar-refractivity contribution in [1.82, 2.24) is 14.9 Å². The summed E-state index contributed by atoms with van der Waals surface area (Å²) in [4.78, 5) is 22.7. The van der Waals surface area contributed by atoms with Crippen LogP contribution in [0, 0.1) is 0 Å². The summed E-state index contributed by atoms with van der Waals surface area (Å²) in [5.41, 5.74) is 0.0364. The fraction of sp³-hybridized carbons (Fsp3) is 0.688. The Bertz CT molecular complexity index is 538. The SMILES string of the molecule is CC(C)c1ncc(C(=O)N2CC[C@@]3(CCCO3)[C@@H](O)C2)cn1. The number of likely N-dealkylation sites (tertiary alicyclic amines) is 1. The van der Waals surface area contributed by atoms with Crippen molar-refractivity contribution in [2.24, 2.45) is 0 Å². The minimum Gasteiger partial charge on any atom is -0.388 e. The van der Waals surface area contributed by atoms with E-state index in [0.717, 1.165) is 18.7 Å². The molecule has 0 unspecified atom stereocenters. The second-order valence-corrected chi connectivity index (χ2v) is 6.52. The van der Waals surface area contributed by atoms with E-state index in [9.17, 15) is 9.90 Å². The van der Waals surface area contributed by atoms with E-state index in [1.807, 2.05) is 13.8 Å². The summed E-state index contributed by atoms with van der Waals surface area (Å²) < 4.78 is 5.76. The van der Waals surface area contributed by atoms with Crippen LogP contribution in [0.15, 0.2) is 12.4 Å². The molecule has 1 amide bonds. The molecule has 0 saturated carbocycles. The van der Waals surface area contributed by atoms with E-state index < -0.39 is 11.7 Å². The number of carbonyl (C=O) groups is 1. The summed E-state index contributed by atoms with van der Waals surface area (Å²) in [6, 6.07) is 0. The fourth-order valence-corrected chi connectivity index (χ4v) is 3.25. The Kier molecular flexibility index (Phi) is 4.14. The van der Waals surface area contributed by atoms with Gasteiger partial charge in [-0.1, -0.05) is 13.8 Å². The number of rotatable bonds is 2. The number of aromatic nitrogens is 2. The van der Waals surface area contributed by atoms with Crippen molar-refractivity contribution < 1.29 is 14.6 Å². The first kappa shape index (κ1) is 15.4. The molecule has 0 bridgehead atoms. The van der Waals surface area contributed by atoms with E-state index >= 15 is 0 Å². The third kappa shape index (κ3) is 2.73. The highest BCUT2D eigenvalue weighted by molar-refractivity contribution is 5.93. The predicted molar refractivity (Wildman–Crippen MR) is 80.6 cm³/mol. The lowest BCUT2D eigenvalue weighted by atomic mass is 9.86. The number of aliphatic hydroxyl groups is 1. The molecule has 1 aromatic heterocycles. The lowest BCUT2D eigenvalue weighted by Gasteiger charge is -2.42. The van der Waals surface area contributed by atoms with Gasteiger partial charge in [0.15, 0.2) is 0 Å². The molecule has 6 nitrogen and oxygen atoms in total. The molecule has 2 aliphatic heterocycles. The molecule has 1 aromatic rings. The molecule has 1 spiro atoms. The smallest absolute Gasteiger partial charge is 0.257 e. The van der Waals surface area contributed by atoms with Gasteiger partial charge in [0.1, 0.15) is 11.9 Å². The third-order valence-corrected chi connectivity index (χ3v) is 4.66. The molecule has 3 rings (SSSR count). The summed E-state index contributed by atoms with van der Waals surface area (Å²) in [5.74, 6) is 0.844. The number of hydrogen-bond donors (Lipinski definition) is 1. The van der Waals surface area contributed by atoms with E-state index in [1.165, 1.54) is 0 Å². The van der Waals surface area contributed by atoms with Crippen LogP contribution in [0.3, 0.4) is 0 Å². The van der Waals surface area contributed by atoms with Gasteiger partial charge in [-0.05, 0) is 19.3 Å². The average molecular weight is 305 g/mol. The van der Waals surface area contributed by atoms with Gasteiger partial charge in [0.25, 0.3) is 5.91 Å². The summed E-state index contributed by atoms with van der Waals surface area (Å²) in [7, 11) is 0. The summed E-state index contributed by atoms with van der Waals surface area (Å²) in [5, 5.41) is 10.4. The second kappa shape index (κ2) is 5.93. The van der Waals surface area contributed by atoms with Crippen molar-refractivity contribution in [3.05, 3.63) is 23.8 Å². The summed E-state index contributed by atoms with van der Waals surface area (Å²) >= 11 is 0. The Labute approximate surface area is 130 Å². The van der Waals surface area contributed by atoms with Crippen LogP contribution in [0.4, 0.5) is 0 Å². The number of aliphatic hydroxyl groups excluding tert-OH is 1. The molecule has 120 valence electrons.